The van der Waals surface area contributed by atoms with Gasteiger partial charge in [-0.05, 0) is 17.7 Å². The molecule has 6 nitrogen and oxygen atoms in total. The maximum Gasteiger partial charge on any atom is 0.407 e. The largest absolute Gasteiger partial charge is 0.462 e. The zero-order valence-corrected chi connectivity index (χ0v) is 11.1. The summed E-state index contributed by atoms with van der Waals surface area (Å²) >= 11 is 0. The standard InChI is InChI=1S/C13H18N2O4/c1-10(2)12(16)18-7-8-19-13(17)15-9-11-3-5-14-6-4-11/h3-6,10H,7-9H2,1-2H3,(H,15,17). The Morgan fingerprint density at radius 2 is 1.84 bits per heavy atom. The molecule has 1 amide bonds. The number of aromatic nitrogens is 1. The van der Waals surface area contributed by atoms with Gasteiger partial charge < -0.3 is 14.8 Å². The fourth-order valence-electron chi connectivity index (χ4n) is 1.17. The van der Waals surface area contributed by atoms with Crippen molar-refractivity contribution in [3.8, 4) is 0 Å². The molecule has 0 fully saturated rings. The van der Waals surface area contributed by atoms with Crippen molar-refractivity contribution in [1.29, 1.82) is 0 Å². The van der Waals surface area contributed by atoms with Crippen molar-refractivity contribution in [2.24, 2.45) is 5.92 Å². The van der Waals surface area contributed by atoms with E-state index in [1.807, 2.05) is 0 Å². The summed E-state index contributed by atoms with van der Waals surface area (Å²) in [5.41, 5.74) is 0.929. The smallest absolute Gasteiger partial charge is 0.407 e. The van der Waals surface area contributed by atoms with Gasteiger partial charge in [0.15, 0.2) is 0 Å². The van der Waals surface area contributed by atoms with Crippen LogP contribution in [-0.2, 0) is 20.8 Å². The Hall–Kier alpha value is -2.11. The van der Waals surface area contributed by atoms with E-state index in [1.54, 1.807) is 38.4 Å². The Balaban J connectivity index is 2.10. The summed E-state index contributed by atoms with van der Waals surface area (Å²) in [5.74, 6) is -0.485. The van der Waals surface area contributed by atoms with E-state index in [0.29, 0.717) is 6.54 Å². The van der Waals surface area contributed by atoms with Gasteiger partial charge in [-0.2, -0.15) is 0 Å². The molecule has 0 aliphatic carbocycles. The van der Waals surface area contributed by atoms with Crippen LogP contribution >= 0.6 is 0 Å². The van der Waals surface area contributed by atoms with Crippen LogP contribution in [0.3, 0.4) is 0 Å². The lowest BCUT2D eigenvalue weighted by Crippen LogP contribution is -2.26. The average molecular weight is 266 g/mol. The minimum Gasteiger partial charge on any atom is -0.462 e. The SMILES string of the molecule is CC(C)C(=O)OCCOC(=O)NCc1ccncc1. The summed E-state index contributed by atoms with van der Waals surface area (Å²) in [6.07, 6.45) is 2.75. The molecule has 0 bridgehead atoms. The number of esters is 1. The lowest BCUT2D eigenvalue weighted by molar-refractivity contribution is -0.148. The molecular weight excluding hydrogens is 248 g/mol. The third-order valence-corrected chi connectivity index (χ3v) is 2.22. The molecule has 0 atom stereocenters. The number of carbonyl (C=O) groups excluding carboxylic acids is 2. The van der Waals surface area contributed by atoms with Gasteiger partial charge >= 0.3 is 12.1 Å². The number of alkyl carbamates (subject to hydrolysis) is 1. The summed E-state index contributed by atoms with van der Waals surface area (Å²) in [5, 5.41) is 2.58. The molecule has 1 rings (SSSR count). The van der Waals surface area contributed by atoms with E-state index in [2.05, 4.69) is 10.3 Å². The fraction of sp³-hybridized carbons (Fsp3) is 0.462. The topological polar surface area (TPSA) is 77.5 Å². The number of pyridine rings is 1. The summed E-state index contributed by atoms with van der Waals surface area (Å²) in [7, 11) is 0. The number of ether oxygens (including phenoxy) is 2. The van der Waals surface area contributed by atoms with E-state index in [-0.39, 0.29) is 25.1 Å². The van der Waals surface area contributed by atoms with Crippen molar-refractivity contribution in [1.82, 2.24) is 10.3 Å². The van der Waals surface area contributed by atoms with Crippen molar-refractivity contribution < 1.29 is 19.1 Å². The Labute approximate surface area is 112 Å². The fourth-order valence-corrected chi connectivity index (χ4v) is 1.17. The van der Waals surface area contributed by atoms with E-state index < -0.39 is 6.09 Å². The van der Waals surface area contributed by atoms with Crippen LogP contribution in [0.25, 0.3) is 0 Å². The summed E-state index contributed by atoms with van der Waals surface area (Å²) in [4.78, 5) is 26.3. The molecule has 0 saturated carbocycles. The zero-order valence-electron chi connectivity index (χ0n) is 11.1. The van der Waals surface area contributed by atoms with Crippen LogP contribution in [0, 0.1) is 5.92 Å². The number of hydrogen-bond donors (Lipinski definition) is 1. The molecule has 1 aromatic rings. The van der Waals surface area contributed by atoms with Crippen LogP contribution in [0.1, 0.15) is 19.4 Å². The van der Waals surface area contributed by atoms with Gasteiger partial charge in [-0.15, -0.1) is 0 Å². The summed E-state index contributed by atoms with van der Waals surface area (Å²) in [6.45, 7) is 3.96. The lowest BCUT2D eigenvalue weighted by atomic mass is 10.2. The first-order valence-corrected chi connectivity index (χ1v) is 6.05. The molecule has 0 aliphatic rings. The first kappa shape index (κ1) is 14.9. The number of nitrogens with zero attached hydrogens (tertiary/aromatic N) is 1. The van der Waals surface area contributed by atoms with E-state index in [4.69, 9.17) is 9.47 Å². The Morgan fingerprint density at radius 1 is 1.21 bits per heavy atom. The van der Waals surface area contributed by atoms with E-state index in [9.17, 15) is 9.59 Å². The number of carbonyl (C=O) groups is 2. The van der Waals surface area contributed by atoms with E-state index in [0.717, 1.165) is 5.56 Å². The van der Waals surface area contributed by atoms with Crippen LogP contribution in [0.5, 0.6) is 0 Å². The Morgan fingerprint density at radius 3 is 2.47 bits per heavy atom. The van der Waals surface area contributed by atoms with Gasteiger partial charge in [-0.25, -0.2) is 4.79 Å². The van der Waals surface area contributed by atoms with Crippen molar-refractivity contribution in [2.75, 3.05) is 13.2 Å². The molecule has 0 aromatic carbocycles. The molecule has 6 heteroatoms. The third-order valence-electron chi connectivity index (χ3n) is 2.22. The molecule has 0 radical (unpaired) electrons. The quantitative estimate of drug-likeness (QED) is 0.623. The van der Waals surface area contributed by atoms with Gasteiger partial charge in [0, 0.05) is 18.9 Å². The molecule has 0 saturated heterocycles. The maximum absolute atomic E-state index is 11.3. The second kappa shape index (κ2) is 8.07. The first-order valence-electron chi connectivity index (χ1n) is 6.05. The van der Waals surface area contributed by atoms with Crippen LogP contribution in [0.15, 0.2) is 24.5 Å². The second-order valence-electron chi connectivity index (χ2n) is 4.17. The number of amides is 1. The van der Waals surface area contributed by atoms with Crippen LogP contribution < -0.4 is 5.32 Å². The van der Waals surface area contributed by atoms with Gasteiger partial charge in [0.25, 0.3) is 0 Å². The number of nitrogens with one attached hydrogen (secondary N) is 1. The van der Waals surface area contributed by atoms with Crippen LogP contribution in [0.4, 0.5) is 4.79 Å². The van der Waals surface area contributed by atoms with Gasteiger partial charge in [0.1, 0.15) is 13.2 Å². The van der Waals surface area contributed by atoms with Crippen LogP contribution in [0.2, 0.25) is 0 Å². The van der Waals surface area contributed by atoms with Gasteiger partial charge in [-0.3, -0.25) is 9.78 Å². The predicted octanol–water partition coefficient (Wildman–Crippen LogP) is 1.51. The molecule has 0 aliphatic heterocycles. The number of rotatable bonds is 6. The highest BCUT2D eigenvalue weighted by atomic mass is 16.6. The third kappa shape index (κ3) is 6.40. The van der Waals surface area contributed by atoms with E-state index >= 15 is 0 Å². The van der Waals surface area contributed by atoms with Crippen molar-refractivity contribution in [3.63, 3.8) is 0 Å². The van der Waals surface area contributed by atoms with Crippen LogP contribution in [-0.4, -0.2) is 30.3 Å². The van der Waals surface area contributed by atoms with Gasteiger partial charge in [0.2, 0.25) is 0 Å². The molecule has 1 aromatic heterocycles. The molecule has 19 heavy (non-hydrogen) atoms. The molecule has 104 valence electrons. The molecule has 0 unspecified atom stereocenters. The highest BCUT2D eigenvalue weighted by Gasteiger charge is 2.08. The zero-order chi connectivity index (χ0) is 14.1. The van der Waals surface area contributed by atoms with Crippen molar-refractivity contribution in [2.45, 2.75) is 20.4 Å². The minimum absolute atomic E-state index is 0.0423. The molecular formula is C13H18N2O4. The Kier molecular flexibility index (Phi) is 6.35. The van der Waals surface area contributed by atoms with Crippen molar-refractivity contribution in [3.05, 3.63) is 30.1 Å². The highest BCUT2D eigenvalue weighted by Crippen LogP contribution is 1.96. The normalized spacial score (nSPS) is 10.1. The molecule has 1 heterocycles. The highest BCUT2D eigenvalue weighted by molar-refractivity contribution is 5.71. The number of hydrogen-bond acceptors (Lipinski definition) is 5. The maximum atomic E-state index is 11.3. The summed E-state index contributed by atoms with van der Waals surface area (Å²) < 4.78 is 9.72. The van der Waals surface area contributed by atoms with Gasteiger partial charge in [0.05, 0.1) is 5.92 Å². The Bertz CT molecular complexity index is 406. The summed E-state index contributed by atoms with van der Waals surface area (Å²) in [6, 6.07) is 3.59. The lowest BCUT2D eigenvalue weighted by Gasteiger charge is -2.08. The molecule has 1 N–H and O–H groups in total. The average Bonchev–Trinajstić information content (AvgIpc) is 2.42. The minimum atomic E-state index is -0.544. The van der Waals surface area contributed by atoms with E-state index in [1.165, 1.54) is 0 Å². The van der Waals surface area contributed by atoms with Gasteiger partial charge in [-0.1, -0.05) is 13.8 Å². The molecule has 0 spiro atoms. The monoisotopic (exact) mass is 266 g/mol. The second-order valence-corrected chi connectivity index (χ2v) is 4.17. The van der Waals surface area contributed by atoms with Crippen molar-refractivity contribution >= 4 is 12.1 Å². The predicted molar refractivity (Wildman–Crippen MR) is 68.2 cm³/mol. The first-order chi connectivity index (χ1) is 9.09.